The summed E-state index contributed by atoms with van der Waals surface area (Å²) in [6, 6.07) is 1.74. The minimum Gasteiger partial charge on any atom is -0.397 e. The Morgan fingerprint density at radius 3 is 3.05 bits per heavy atom. The fourth-order valence-electron chi connectivity index (χ4n) is 2.44. The number of hydrogen-bond acceptors (Lipinski definition) is 4. The van der Waals surface area contributed by atoms with E-state index in [1.54, 1.807) is 6.07 Å². The van der Waals surface area contributed by atoms with Gasteiger partial charge in [0.2, 0.25) is 0 Å². The Morgan fingerprint density at radius 2 is 2.36 bits per heavy atom. The zero-order chi connectivity index (χ0) is 15.9. The van der Waals surface area contributed by atoms with E-state index in [0.717, 1.165) is 44.7 Å². The van der Waals surface area contributed by atoms with Crippen LogP contribution in [0.4, 0.5) is 5.69 Å². The first-order valence-electron chi connectivity index (χ1n) is 8.07. The molecule has 2 rings (SSSR count). The van der Waals surface area contributed by atoms with Gasteiger partial charge in [0, 0.05) is 38.8 Å². The molecule has 0 aliphatic carbocycles. The Morgan fingerprint density at radius 1 is 1.55 bits per heavy atom. The minimum absolute atomic E-state index is 0.0723. The molecule has 4 N–H and O–H groups in total. The topological polar surface area (TPSA) is 84.4 Å². The first-order valence-corrected chi connectivity index (χ1v) is 8.07. The van der Waals surface area contributed by atoms with E-state index < -0.39 is 0 Å². The Kier molecular flexibility index (Phi) is 5.86. The summed E-state index contributed by atoms with van der Waals surface area (Å²) in [6.07, 6.45) is 4.69. The van der Waals surface area contributed by atoms with Gasteiger partial charge in [-0.1, -0.05) is 13.8 Å². The van der Waals surface area contributed by atoms with Gasteiger partial charge in [0.05, 0.1) is 11.5 Å². The Hall–Kier alpha value is -1.98. The molecular weight excluding hydrogens is 278 g/mol. The quantitative estimate of drug-likeness (QED) is 0.716. The van der Waals surface area contributed by atoms with Gasteiger partial charge in [-0.3, -0.25) is 9.79 Å². The van der Waals surface area contributed by atoms with Crippen molar-refractivity contribution < 1.29 is 4.79 Å². The highest BCUT2D eigenvalue weighted by molar-refractivity contribution is 5.94. The Balaban J connectivity index is 1.87. The number of rotatable bonds is 7. The summed E-state index contributed by atoms with van der Waals surface area (Å²) in [4.78, 5) is 16.7. The maximum absolute atomic E-state index is 12.3. The largest absolute Gasteiger partial charge is 0.397 e. The van der Waals surface area contributed by atoms with Crippen LogP contribution in [0, 0.1) is 5.92 Å². The monoisotopic (exact) mass is 305 g/mol. The number of amides is 1. The molecule has 2 heterocycles. The van der Waals surface area contributed by atoms with Crippen LogP contribution in [-0.4, -0.2) is 35.9 Å². The highest BCUT2D eigenvalue weighted by atomic mass is 16.1. The summed E-state index contributed by atoms with van der Waals surface area (Å²) in [5.41, 5.74) is 7.11. The summed E-state index contributed by atoms with van der Waals surface area (Å²) >= 11 is 0. The molecule has 0 fully saturated rings. The molecule has 6 heteroatoms. The van der Waals surface area contributed by atoms with Crippen molar-refractivity contribution >= 4 is 17.4 Å². The molecule has 0 saturated heterocycles. The molecule has 0 radical (unpaired) electrons. The van der Waals surface area contributed by atoms with E-state index in [1.165, 1.54) is 0 Å². The predicted octanol–water partition coefficient (Wildman–Crippen LogP) is 1.63. The van der Waals surface area contributed by atoms with Crippen molar-refractivity contribution in [3.8, 4) is 0 Å². The highest BCUT2D eigenvalue weighted by Crippen LogP contribution is 2.13. The lowest BCUT2D eigenvalue weighted by Gasteiger charge is -2.15. The lowest BCUT2D eigenvalue weighted by molar-refractivity contribution is 0.0945. The molecule has 0 saturated carbocycles. The maximum Gasteiger partial charge on any atom is 0.267 e. The fraction of sp³-hybridized carbons (Fsp3) is 0.625. The predicted molar refractivity (Wildman–Crippen MR) is 90.2 cm³/mol. The van der Waals surface area contributed by atoms with Gasteiger partial charge in [-0.25, -0.2) is 0 Å². The fourth-order valence-corrected chi connectivity index (χ4v) is 2.44. The van der Waals surface area contributed by atoms with Crippen molar-refractivity contribution in [2.75, 3.05) is 25.4 Å². The summed E-state index contributed by atoms with van der Waals surface area (Å²) < 4.78 is 1.95. The number of hydrogen-bond donors (Lipinski definition) is 3. The number of aromatic nitrogens is 1. The normalized spacial score (nSPS) is 14.6. The standard InChI is InChI=1S/C16H27N5O/c1-12(2)5-9-21-11-13(17)10-14(21)16(22)20-8-4-15-18-6-3-7-19-15/h10-12H,3-9,17H2,1-2H3,(H,18,19)(H,20,22). The molecule has 0 unspecified atom stereocenters. The molecule has 1 aromatic rings. The van der Waals surface area contributed by atoms with Crippen molar-refractivity contribution in [2.45, 2.75) is 39.7 Å². The summed E-state index contributed by atoms with van der Waals surface area (Å²) in [7, 11) is 0. The summed E-state index contributed by atoms with van der Waals surface area (Å²) in [6.45, 7) is 7.59. The minimum atomic E-state index is -0.0723. The second-order valence-corrected chi connectivity index (χ2v) is 6.15. The van der Waals surface area contributed by atoms with Crippen molar-refractivity contribution in [3.63, 3.8) is 0 Å². The van der Waals surface area contributed by atoms with Crippen LogP contribution in [0.25, 0.3) is 0 Å². The van der Waals surface area contributed by atoms with Gasteiger partial charge in [-0.2, -0.15) is 0 Å². The van der Waals surface area contributed by atoms with Gasteiger partial charge in [-0.15, -0.1) is 0 Å². The molecule has 122 valence electrons. The molecule has 1 amide bonds. The van der Waals surface area contributed by atoms with E-state index in [-0.39, 0.29) is 5.91 Å². The van der Waals surface area contributed by atoms with Gasteiger partial charge in [-0.05, 0) is 24.8 Å². The molecule has 0 spiro atoms. The molecule has 22 heavy (non-hydrogen) atoms. The number of aliphatic imine (C=N–C) groups is 1. The molecule has 1 aliphatic rings. The third-order valence-electron chi connectivity index (χ3n) is 3.71. The number of nitrogens with one attached hydrogen (secondary N) is 2. The van der Waals surface area contributed by atoms with Crippen LogP contribution >= 0.6 is 0 Å². The van der Waals surface area contributed by atoms with Crippen molar-refractivity contribution in [3.05, 3.63) is 18.0 Å². The number of nitrogen functional groups attached to an aromatic ring is 1. The average molecular weight is 305 g/mol. The zero-order valence-electron chi connectivity index (χ0n) is 13.6. The highest BCUT2D eigenvalue weighted by Gasteiger charge is 2.13. The van der Waals surface area contributed by atoms with E-state index in [4.69, 9.17) is 5.73 Å². The number of nitrogens with two attached hydrogens (primary N) is 1. The van der Waals surface area contributed by atoms with E-state index in [9.17, 15) is 4.79 Å². The van der Waals surface area contributed by atoms with Gasteiger partial charge in [0.15, 0.2) is 0 Å². The molecule has 0 atom stereocenters. The smallest absolute Gasteiger partial charge is 0.267 e. The van der Waals surface area contributed by atoms with E-state index in [2.05, 4.69) is 29.5 Å². The number of aryl methyl sites for hydroxylation is 1. The lowest BCUT2D eigenvalue weighted by Crippen LogP contribution is -2.34. The van der Waals surface area contributed by atoms with Crippen LogP contribution in [0.15, 0.2) is 17.3 Å². The Bertz CT molecular complexity index is 533. The third-order valence-corrected chi connectivity index (χ3v) is 3.71. The Labute approximate surface area is 132 Å². The SMILES string of the molecule is CC(C)CCn1cc(N)cc1C(=O)NCCC1=NCCCN1. The van der Waals surface area contributed by atoms with Crippen molar-refractivity contribution in [1.82, 2.24) is 15.2 Å². The number of nitrogens with zero attached hydrogens (tertiary/aromatic N) is 2. The number of carbonyl (C=O) groups is 1. The second kappa shape index (κ2) is 7.87. The van der Waals surface area contributed by atoms with Crippen LogP contribution in [0.5, 0.6) is 0 Å². The molecule has 0 bridgehead atoms. The van der Waals surface area contributed by atoms with E-state index in [0.29, 0.717) is 23.8 Å². The second-order valence-electron chi connectivity index (χ2n) is 6.15. The molecule has 0 aromatic carbocycles. The maximum atomic E-state index is 12.3. The van der Waals surface area contributed by atoms with Gasteiger partial charge < -0.3 is 20.9 Å². The first kappa shape index (κ1) is 16.4. The van der Waals surface area contributed by atoms with Gasteiger partial charge in [0.1, 0.15) is 5.69 Å². The summed E-state index contributed by atoms with van der Waals surface area (Å²) in [5, 5.41) is 6.21. The third kappa shape index (κ3) is 4.79. The zero-order valence-corrected chi connectivity index (χ0v) is 13.6. The van der Waals surface area contributed by atoms with Crippen molar-refractivity contribution in [2.24, 2.45) is 10.9 Å². The number of anilines is 1. The van der Waals surface area contributed by atoms with Crippen LogP contribution in [0.3, 0.4) is 0 Å². The number of carbonyl (C=O) groups excluding carboxylic acids is 1. The van der Waals surface area contributed by atoms with Gasteiger partial charge in [0.25, 0.3) is 5.91 Å². The lowest BCUT2D eigenvalue weighted by atomic mass is 10.1. The van der Waals surface area contributed by atoms with Crippen LogP contribution in [0.2, 0.25) is 0 Å². The molecule has 1 aromatic heterocycles. The van der Waals surface area contributed by atoms with Crippen LogP contribution in [-0.2, 0) is 6.54 Å². The van der Waals surface area contributed by atoms with Gasteiger partial charge >= 0.3 is 0 Å². The average Bonchev–Trinajstić information content (AvgIpc) is 2.87. The first-order chi connectivity index (χ1) is 10.6. The summed E-state index contributed by atoms with van der Waals surface area (Å²) in [5.74, 6) is 1.51. The molecular formula is C16H27N5O. The van der Waals surface area contributed by atoms with E-state index >= 15 is 0 Å². The van der Waals surface area contributed by atoms with Crippen molar-refractivity contribution in [1.29, 1.82) is 0 Å². The van der Waals surface area contributed by atoms with E-state index in [1.807, 2.05) is 10.8 Å². The number of amidine groups is 1. The van der Waals surface area contributed by atoms with Crippen LogP contribution < -0.4 is 16.4 Å². The molecule has 1 aliphatic heterocycles. The van der Waals surface area contributed by atoms with Crippen LogP contribution in [0.1, 0.15) is 43.6 Å². The molecule has 6 nitrogen and oxygen atoms in total.